The molecule has 1 N–H and O–H groups in total. The van der Waals surface area contributed by atoms with Gasteiger partial charge in [0.2, 0.25) is 0 Å². The molecule has 2 rings (SSSR count). The van der Waals surface area contributed by atoms with Crippen LogP contribution in [0.25, 0.3) is 0 Å². The summed E-state index contributed by atoms with van der Waals surface area (Å²) in [5, 5.41) is 3.40. The summed E-state index contributed by atoms with van der Waals surface area (Å²) in [5.74, 6) is 2.01. The fourth-order valence-electron chi connectivity index (χ4n) is 2.77. The fourth-order valence-corrected chi connectivity index (χ4v) is 4.42. The first kappa shape index (κ1) is 16.1. The Labute approximate surface area is 126 Å². The summed E-state index contributed by atoms with van der Waals surface area (Å²) in [7, 11) is 0.335. The van der Waals surface area contributed by atoms with Crippen LogP contribution in [0, 0.1) is 0 Å². The zero-order valence-corrected chi connectivity index (χ0v) is 13.6. The van der Waals surface area contributed by atoms with Crippen molar-refractivity contribution in [1.29, 1.82) is 0 Å². The highest BCUT2D eigenvalue weighted by Gasteiger charge is 2.26. The topological polar surface area (TPSA) is 64.6 Å². The highest BCUT2D eigenvalue weighted by atomic mass is 32.2. The Bertz CT molecular complexity index is 585. The van der Waals surface area contributed by atoms with E-state index in [0.717, 1.165) is 29.9 Å². The highest BCUT2D eigenvalue weighted by molar-refractivity contribution is 7.91. The molecular weight excluding hydrogens is 290 g/mol. The summed E-state index contributed by atoms with van der Waals surface area (Å²) >= 11 is 0. The summed E-state index contributed by atoms with van der Waals surface area (Å²) in [6.07, 6.45) is 1.62. The Balaban J connectivity index is 2.11. The van der Waals surface area contributed by atoms with Crippen molar-refractivity contribution in [2.75, 3.05) is 25.7 Å². The molecule has 6 heteroatoms. The van der Waals surface area contributed by atoms with Gasteiger partial charge < -0.3 is 14.8 Å². The van der Waals surface area contributed by atoms with E-state index in [1.807, 2.05) is 25.1 Å². The number of nitrogens with one attached hydrogen (secondary N) is 1. The van der Waals surface area contributed by atoms with Crippen molar-refractivity contribution in [3.8, 4) is 11.5 Å². The zero-order valence-electron chi connectivity index (χ0n) is 12.8. The minimum Gasteiger partial charge on any atom is -0.497 e. The van der Waals surface area contributed by atoms with Gasteiger partial charge in [-0.05, 0) is 25.8 Å². The van der Waals surface area contributed by atoms with E-state index < -0.39 is 9.84 Å². The van der Waals surface area contributed by atoms with E-state index in [1.54, 1.807) is 14.2 Å². The molecule has 0 amide bonds. The van der Waals surface area contributed by atoms with Crippen LogP contribution in [0.15, 0.2) is 18.2 Å². The second kappa shape index (κ2) is 6.66. The number of methoxy groups -OCH3 is 2. The van der Waals surface area contributed by atoms with Crippen molar-refractivity contribution in [2.45, 2.75) is 31.8 Å². The van der Waals surface area contributed by atoms with Crippen LogP contribution in [0.1, 0.15) is 31.4 Å². The van der Waals surface area contributed by atoms with Gasteiger partial charge in [0.05, 0.1) is 25.7 Å². The Morgan fingerprint density at radius 3 is 2.67 bits per heavy atom. The van der Waals surface area contributed by atoms with Crippen molar-refractivity contribution in [1.82, 2.24) is 5.32 Å². The maximum Gasteiger partial charge on any atom is 0.151 e. The molecule has 0 radical (unpaired) electrons. The maximum absolute atomic E-state index is 11.7. The summed E-state index contributed by atoms with van der Waals surface area (Å²) in [4.78, 5) is 0. The smallest absolute Gasteiger partial charge is 0.151 e. The van der Waals surface area contributed by atoms with Gasteiger partial charge in [-0.1, -0.05) is 6.07 Å². The molecule has 0 bridgehead atoms. The van der Waals surface area contributed by atoms with Gasteiger partial charge in [0.1, 0.15) is 11.5 Å². The number of hydrogen-bond acceptors (Lipinski definition) is 5. The zero-order chi connectivity index (χ0) is 15.5. The number of sulfone groups is 1. The normalized spacial score (nSPS) is 22.5. The molecule has 21 heavy (non-hydrogen) atoms. The quantitative estimate of drug-likeness (QED) is 0.900. The van der Waals surface area contributed by atoms with E-state index in [0.29, 0.717) is 5.75 Å². The summed E-state index contributed by atoms with van der Waals surface area (Å²) in [6, 6.07) is 5.69. The molecule has 2 unspecified atom stereocenters. The van der Waals surface area contributed by atoms with E-state index in [-0.39, 0.29) is 17.8 Å². The van der Waals surface area contributed by atoms with Crippen LogP contribution in [-0.4, -0.2) is 40.2 Å². The number of hydrogen-bond donors (Lipinski definition) is 1. The molecule has 1 aliphatic heterocycles. The van der Waals surface area contributed by atoms with Gasteiger partial charge in [0.25, 0.3) is 0 Å². The molecule has 1 aromatic carbocycles. The predicted octanol–water partition coefficient (Wildman–Crippen LogP) is 1.93. The molecule has 1 aromatic rings. The van der Waals surface area contributed by atoms with Crippen molar-refractivity contribution in [3.05, 3.63) is 23.8 Å². The molecule has 1 saturated heterocycles. The third-order valence-electron chi connectivity index (χ3n) is 3.86. The average molecular weight is 313 g/mol. The lowest BCUT2D eigenvalue weighted by Crippen LogP contribution is -2.41. The largest absolute Gasteiger partial charge is 0.497 e. The minimum absolute atomic E-state index is 0.00515. The minimum atomic E-state index is -2.90. The molecule has 1 fully saturated rings. The van der Waals surface area contributed by atoms with Crippen molar-refractivity contribution in [2.24, 2.45) is 0 Å². The van der Waals surface area contributed by atoms with E-state index in [1.165, 1.54) is 0 Å². The Kier molecular flexibility index (Phi) is 5.11. The van der Waals surface area contributed by atoms with Gasteiger partial charge in [-0.25, -0.2) is 8.42 Å². The van der Waals surface area contributed by atoms with Crippen LogP contribution in [0.3, 0.4) is 0 Å². The second-order valence-corrected chi connectivity index (χ2v) is 7.68. The Morgan fingerprint density at radius 2 is 2.05 bits per heavy atom. The van der Waals surface area contributed by atoms with Gasteiger partial charge in [-0.2, -0.15) is 0 Å². The van der Waals surface area contributed by atoms with Crippen LogP contribution >= 0.6 is 0 Å². The van der Waals surface area contributed by atoms with Crippen molar-refractivity contribution in [3.63, 3.8) is 0 Å². The Morgan fingerprint density at radius 1 is 1.29 bits per heavy atom. The molecule has 5 nitrogen and oxygen atoms in total. The highest BCUT2D eigenvalue weighted by Crippen LogP contribution is 2.30. The van der Waals surface area contributed by atoms with Gasteiger partial charge in [0.15, 0.2) is 9.84 Å². The first-order valence-corrected chi connectivity index (χ1v) is 8.95. The van der Waals surface area contributed by atoms with Gasteiger partial charge in [-0.3, -0.25) is 0 Å². The van der Waals surface area contributed by atoms with Gasteiger partial charge in [-0.15, -0.1) is 0 Å². The molecule has 1 heterocycles. The van der Waals surface area contributed by atoms with E-state index in [4.69, 9.17) is 9.47 Å². The van der Waals surface area contributed by atoms with Crippen LogP contribution in [-0.2, 0) is 9.84 Å². The number of ether oxygens (including phenoxy) is 2. The van der Waals surface area contributed by atoms with E-state index in [2.05, 4.69) is 5.32 Å². The lowest BCUT2D eigenvalue weighted by atomic mass is 10.0. The van der Waals surface area contributed by atoms with Gasteiger partial charge in [0, 0.05) is 23.7 Å². The molecular formula is C15H23NO4S. The lowest BCUT2D eigenvalue weighted by molar-refractivity contribution is 0.379. The third kappa shape index (κ3) is 4.11. The molecule has 0 aromatic heterocycles. The number of rotatable bonds is 5. The molecule has 0 aliphatic carbocycles. The van der Waals surface area contributed by atoms with E-state index in [9.17, 15) is 8.42 Å². The first-order chi connectivity index (χ1) is 9.95. The lowest BCUT2D eigenvalue weighted by Gasteiger charge is -2.27. The fraction of sp³-hybridized carbons (Fsp3) is 0.600. The summed E-state index contributed by atoms with van der Waals surface area (Å²) < 4.78 is 34.0. The Hall–Kier alpha value is -1.27. The SMILES string of the molecule is COc1ccc(C(C)NC2CCCS(=O)(=O)C2)c(OC)c1. The summed E-state index contributed by atoms with van der Waals surface area (Å²) in [6.45, 7) is 2.02. The molecule has 2 atom stereocenters. The summed E-state index contributed by atoms with van der Waals surface area (Å²) in [5.41, 5.74) is 1.00. The van der Waals surface area contributed by atoms with Crippen molar-refractivity contribution >= 4 is 9.84 Å². The second-order valence-electron chi connectivity index (χ2n) is 5.45. The van der Waals surface area contributed by atoms with Crippen LogP contribution in [0.5, 0.6) is 11.5 Å². The van der Waals surface area contributed by atoms with Crippen LogP contribution in [0.4, 0.5) is 0 Å². The molecule has 0 spiro atoms. The average Bonchev–Trinajstić information content (AvgIpc) is 2.45. The maximum atomic E-state index is 11.7. The van der Waals surface area contributed by atoms with Crippen molar-refractivity contribution < 1.29 is 17.9 Å². The third-order valence-corrected chi connectivity index (χ3v) is 5.68. The predicted molar refractivity (Wildman–Crippen MR) is 82.8 cm³/mol. The monoisotopic (exact) mass is 313 g/mol. The first-order valence-electron chi connectivity index (χ1n) is 7.13. The number of benzene rings is 1. The molecule has 0 saturated carbocycles. The van der Waals surface area contributed by atoms with Crippen LogP contribution < -0.4 is 14.8 Å². The van der Waals surface area contributed by atoms with E-state index >= 15 is 0 Å². The van der Waals surface area contributed by atoms with Gasteiger partial charge >= 0.3 is 0 Å². The molecule has 1 aliphatic rings. The van der Waals surface area contributed by atoms with Crippen LogP contribution in [0.2, 0.25) is 0 Å². The standard InChI is InChI=1S/C15H23NO4S/c1-11(16-12-5-4-8-21(17,18)10-12)14-7-6-13(19-2)9-15(14)20-3/h6-7,9,11-12,16H,4-5,8,10H2,1-3H3. The molecule has 118 valence electrons.